The summed E-state index contributed by atoms with van der Waals surface area (Å²) in [5.41, 5.74) is 9.47. The lowest BCUT2D eigenvalue weighted by atomic mass is 10.0. The summed E-state index contributed by atoms with van der Waals surface area (Å²) < 4.78 is 1.09. The van der Waals surface area contributed by atoms with E-state index in [1.165, 1.54) is 5.56 Å². The van der Waals surface area contributed by atoms with Gasteiger partial charge in [-0.05, 0) is 48.7 Å². The normalized spacial score (nSPS) is 12.2. The first-order valence-electron chi connectivity index (χ1n) is 6.96. The van der Waals surface area contributed by atoms with E-state index in [-0.39, 0.29) is 6.04 Å². The standard InChI is InChI=1S/C17H20BrClN2/c1-12(20)10-15-16(19)4-3-5-17(15)21(2)11-13-6-8-14(18)9-7-13/h3-9,12H,10-11,20H2,1-2H3. The van der Waals surface area contributed by atoms with E-state index in [1.54, 1.807) is 0 Å². The van der Waals surface area contributed by atoms with Crippen LogP contribution in [-0.2, 0) is 13.0 Å². The molecule has 1 atom stereocenters. The average Bonchev–Trinajstić information content (AvgIpc) is 2.43. The molecule has 2 aromatic carbocycles. The highest BCUT2D eigenvalue weighted by atomic mass is 79.9. The number of nitrogens with zero attached hydrogens (tertiary/aromatic N) is 1. The largest absolute Gasteiger partial charge is 0.370 e. The lowest BCUT2D eigenvalue weighted by Gasteiger charge is -2.24. The molecule has 0 saturated carbocycles. The first-order chi connectivity index (χ1) is 9.97. The molecule has 0 aromatic heterocycles. The highest BCUT2D eigenvalue weighted by Gasteiger charge is 2.12. The van der Waals surface area contributed by atoms with Crippen LogP contribution in [0.5, 0.6) is 0 Å². The fourth-order valence-corrected chi connectivity index (χ4v) is 2.89. The third-order valence-corrected chi connectivity index (χ3v) is 4.25. The zero-order valence-corrected chi connectivity index (χ0v) is 14.7. The Bertz CT molecular complexity index is 596. The first kappa shape index (κ1) is 16.3. The maximum Gasteiger partial charge on any atom is 0.0459 e. The fourth-order valence-electron chi connectivity index (χ4n) is 2.38. The Morgan fingerprint density at radius 2 is 1.86 bits per heavy atom. The Balaban J connectivity index is 2.24. The summed E-state index contributed by atoms with van der Waals surface area (Å²) in [5.74, 6) is 0. The van der Waals surface area contributed by atoms with E-state index in [1.807, 2.05) is 19.1 Å². The van der Waals surface area contributed by atoms with Gasteiger partial charge < -0.3 is 10.6 Å². The Labute approximate surface area is 140 Å². The molecule has 0 radical (unpaired) electrons. The molecule has 1 unspecified atom stereocenters. The zero-order valence-electron chi connectivity index (χ0n) is 12.3. The van der Waals surface area contributed by atoms with Crippen LogP contribution < -0.4 is 10.6 Å². The summed E-state index contributed by atoms with van der Waals surface area (Å²) >= 11 is 9.81. The number of anilines is 1. The van der Waals surface area contributed by atoms with Crippen molar-refractivity contribution in [3.63, 3.8) is 0 Å². The summed E-state index contributed by atoms with van der Waals surface area (Å²) in [6.45, 7) is 2.83. The second-order valence-corrected chi connectivity index (χ2v) is 6.72. The molecule has 0 fully saturated rings. The average molecular weight is 368 g/mol. The predicted molar refractivity (Wildman–Crippen MR) is 95.1 cm³/mol. The van der Waals surface area contributed by atoms with Gasteiger partial charge in [-0.25, -0.2) is 0 Å². The molecule has 0 amide bonds. The zero-order chi connectivity index (χ0) is 15.4. The number of rotatable bonds is 5. The van der Waals surface area contributed by atoms with Gasteiger partial charge in [-0.3, -0.25) is 0 Å². The Morgan fingerprint density at radius 1 is 1.19 bits per heavy atom. The Morgan fingerprint density at radius 3 is 2.48 bits per heavy atom. The summed E-state index contributed by atoms with van der Waals surface area (Å²) in [7, 11) is 2.08. The molecular weight excluding hydrogens is 348 g/mol. The summed E-state index contributed by atoms with van der Waals surface area (Å²) in [5, 5.41) is 0.785. The van der Waals surface area contributed by atoms with Crippen LogP contribution >= 0.6 is 27.5 Å². The smallest absolute Gasteiger partial charge is 0.0459 e. The molecule has 2 aromatic rings. The summed E-state index contributed by atoms with van der Waals surface area (Å²) in [4.78, 5) is 2.22. The molecule has 0 saturated heterocycles. The minimum atomic E-state index is 0.0877. The molecule has 2 N–H and O–H groups in total. The SMILES string of the molecule is CC(N)Cc1c(Cl)cccc1N(C)Cc1ccc(Br)cc1. The van der Waals surface area contributed by atoms with E-state index >= 15 is 0 Å². The summed E-state index contributed by atoms with van der Waals surface area (Å²) in [6, 6.07) is 14.5. The van der Waals surface area contributed by atoms with E-state index in [0.29, 0.717) is 0 Å². The van der Waals surface area contributed by atoms with Crippen LogP contribution in [0.25, 0.3) is 0 Å². The van der Waals surface area contributed by atoms with Crippen molar-refractivity contribution in [3.8, 4) is 0 Å². The van der Waals surface area contributed by atoms with Gasteiger partial charge in [-0.2, -0.15) is 0 Å². The monoisotopic (exact) mass is 366 g/mol. The summed E-state index contributed by atoms with van der Waals surface area (Å²) in [6.07, 6.45) is 0.777. The number of benzene rings is 2. The second kappa shape index (κ2) is 7.30. The molecular formula is C17H20BrClN2. The highest BCUT2D eigenvalue weighted by Crippen LogP contribution is 2.29. The molecule has 112 valence electrons. The van der Waals surface area contributed by atoms with E-state index in [4.69, 9.17) is 17.3 Å². The van der Waals surface area contributed by atoms with Crippen LogP contribution in [0.2, 0.25) is 5.02 Å². The quantitative estimate of drug-likeness (QED) is 0.835. The maximum atomic E-state index is 6.35. The molecule has 21 heavy (non-hydrogen) atoms. The van der Waals surface area contributed by atoms with Crippen LogP contribution in [0.1, 0.15) is 18.1 Å². The van der Waals surface area contributed by atoms with Crippen LogP contribution in [-0.4, -0.2) is 13.1 Å². The van der Waals surface area contributed by atoms with E-state index < -0.39 is 0 Å². The molecule has 4 heteroatoms. The lowest BCUT2D eigenvalue weighted by Crippen LogP contribution is -2.22. The van der Waals surface area contributed by atoms with Gasteiger partial charge in [0.15, 0.2) is 0 Å². The van der Waals surface area contributed by atoms with E-state index in [0.717, 1.165) is 33.7 Å². The fraction of sp³-hybridized carbons (Fsp3) is 0.294. The van der Waals surface area contributed by atoms with Gasteiger partial charge in [0.25, 0.3) is 0 Å². The van der Waals surface area contributed by atoms with Crippen LogP contribution in [0.3, 0.4) is 0 Å². The minimum absolute atomic E-state index is 0.0877. The second-order valence-electron chi connectivity index (χ2n) is 5.40. The number of halogens is 2. The van der Waals surface area contributed by atoms with Gasteiger partial charge in [-0.15, -0.1) is 0 Å². The molecule has 2 rings (SSSR count). The molecule has 2 nitrogen and oxygen atoms in total. The molecule has 0 heterocycles. The van der Waals surface area contributed by atoms with Gasteiger partial charge in [-0.1, -0.05) is 45.7 Å². The predicted octanol–water partition coefficient (Wildman–Crippen LogP) is 4.63. The molecule has 0 bridgehead atoms. The number of hydrogen-bond donors (Lipinski definition) is 1. The van der Waals surface area contributed by atoms with Crippen molar-refractivity contribution < 1.29 is 0 Å². The number of hydrogen-bond acceptors (Lipinski definition) is 2. The van der Waals surface area contributed by atoms with Crippen LogP contribution in [0.4, 0.5) is 5.69 Å². The van der Waals surface area contributed by atoms with E-state index in [9.17, 15) is 0 Å². The van der Waals surface area contributed by atoms with Crippen LogP contribution in [0, 0.1) is 0 Å². The van der Waals surface area contributed by atoms with Crippen molar-refractivity contribution in [2.75, 3.05) is 11.9 Å². The first-order valence-corrected chi connectivity index (χ1v) is 8.13. The Hall–Kier alpha value is -1.03. The minimum Gasteiger partial charge on any atom is -0.370 e. The third kappa shape index (κ3) is 4.47. The third-order valence-electron chi connectivity index (χ3n) is 3.36. The molecule has 0 aliphatic carbocycles. The van der Waals surface area contributed by atoms with Crippen LogP contribution in [0.15, 0.2) is 46.9 Å². The van der Waals surface area contributed by atoms with Crippen molar-refractivity contribution in [2.24, 2.45) is 5.73 Å². The maximum absolute atomic E-state index is 6.35. The topological polar surface area (TPSA) is 29.3 Å². The molecule has 0 spiro atoms. The lowest BCUT2D eigenvalue weighted by molar-refractivity contribution is 0.734. The van der Waals surface area contributed by atoms with Crippen molar-refractivity contribution >= 4 is 33.2 Å². The van der Waals surface area contributed by atoms with Gasteiger partial charge in [0.2, 0.25) is 0 Å². The Kier molecular flexibility index (Phi) is 5.68. The number of nitrogens with two attached hydrogens (primary N) is 1. The van der Waals surface area contributed by atoms with Gasteiger partial charge >= 0.3 is 0 Å². The van der Waals surface area contributed by atoms with Crippen molar-refractivity contribution in [2.45, 2.75) is 25.9 Å². The van der Waals surface area contributed by atoms with Crippen molar-refractivity contribution in [1.82, 2.24) is 0 Å². The van der Waals surface area contributed by atoms with Gasteiger partial charge in [0.05, 0.1) is 0 Å². The van der Waals surface area contributed by atoms with Crippen molar-refractivity contribution in [1.29, 1.82) is 0 Å². The van der Waals surface area contributed by atoms with E-state index in [2.05, 4.69) is 58.2 Å². The van der Waals surface area contributed by atoms with Gasteiger partial charge in [0.1, 0.15) is 0 Å². The van der Waals surface area contributed by atoms with Crippen molar-refractivity contribution in [3.05, 3.63) is 63.1 Å². The molecule has 0 aliphatic heterocycles. The highest BCUT2D eigenvalue weighted by molar-refractivity contribution is 9.10. The van der Waals surface area contributed by atoms with Gasteiger partial charge in [0, 0.05) is 34.8 Å². The molecule has 0 aliphatic rings.